The van der Waals surface area contributed by atoms with Gasteiger partial charge < -0.3 is 9.80 Å². The molecule has 2 atom stereocenters. The predicted molar refractivity (Wildman–Crippen MR) is 78.4 cm³/mol. The van der Waals surface area contributed by atoms with Gasteiger partial charge in [0.1, 0.15) is 0 Å². The molecule has 1 aliphatic rings. The lowest BCUT2D eigenvalue weighted by Gasteiger charge is -2.20. The highest BCUT2D eigenvalue weighted by atomic mass is 16.2. The minimum Gasteiger partial charge on any atom is -0.378 e. The number of hydrogen-bond donors (Lipinski definition) is 1. The van der Waals surface area contributed by atoms with E-state index in [-0.39, 0.29) is 18.0 Å². The number of hydrogen-bond acceptors (Lipinski definition) is 3. The van der Waals surface area contributed by atoms with Crippen LogP contribution in [0.2, 0.25) is 0 Å². The first-order valence-electron chi connectivity index (χ1n) is 6.77. The van der Waals surface area contributed by atoms with Gasteiger partial charge >= 0.3 is 0 Å². The maximum absolute atomic E-state index is 11.9. The zero-order valence-electron chi connectivity index (χ0n) is 12.2. The van der Waals surface area contributed by atoms with E-state index in [4.69, 9.17) is 0 Å². The van der Waals surface area contributed by atoms with Gasteiger partial charge in [-0.2, -0.15) is 0 Å². The van der Waals surface area contributed by atoms with E-state index in [0.717, 1.165) is 13.0 Å². The van der Waals surface area contributed by atoms with E-state index in [1.54, 1.807) is 4.90 Å². The molecule has 2 rings (SSSR count). The van der Waals surface area contributed by atoms with Gasteiger partial charge in [-0.25, -0.2) is 0 Å². The molecule has 1 heterocycles. The van der Waals surface area contributed by atoms with Crippen molar-refractivity contribution in [1.29, 1.82) is 0 Å². The largest absolute Gasteiger partial charge is 0.378 e. The summed E-state index contributed by atoms with van der Waals surface area (Å²) >= 11 is 0. The first-order chi connectivity index (χ1) is 8.99. The van der Waals surface area contributed by atoms with Crippen LogP contribution in [0.15, 0.2) is 24.3 Å². The fourth-order valence-corrected chi connectivity index (χ4v) is 2.44. The molecule has 104 valence electrons. The first kappa shape index (κ1) is 13.9. The van der Waals surface area contributed by atoms with E-state index in [1.165, 1.54) is 11.3 Å². The summed E-state index contributed by atoms with van der Waals surface area (Å²) in [7, 11) is 5.92. The molecule has 1 aromatic rings. The van der Waals surface area contributed by atoms with Crippen molar-refractivity contribution < 1.29 is 4.79 Å². The predicted octanol–water partition coefficient (Wildman–Crippen LogP) is 1.63. The van der Waals surface area contributed by atoms with Crippen molar-refractivity contribution in [1.82, 2.24) is 10.2 Å². The molecule has 1 amide bonds. The molecular formula is C15H23N3O. The van der Waals surface area contributed by atoms with Gasteiger partial charge in [0.2, 0.25) is 5.91 Å². The zero-order chi connectivity index (χ0) is 14.0. The third-order valence-electron chi connectivity index (χ3n) is 3.79. The molecule has 1 aliphatic heterocycles. The Balaban J connectivity index is 2.00. The number of benzene rings is 1. The number of rotatable bonds is 4. The number of amides is 1. The Hall–Kier alpha value is -1.55. The first-order valence-corrected chi connectivity index (χ1v) is 6.77. The highest BCUT2D eigenvalue weighted by Gasteiger charge is 2.29. The number of nitrogens with zero attached hydrogens (tertiary/aromatic N) is 2. The molecule has 0 aliphatic carbocycles. The molecule has 1 saturated heterocycles. The van der Waals surface area contributed by atoms with Crippen LogP contribution >= 0.6 is 0 Å². The second-order valence-corrected chi connectivity index (χ2v) is 5.48. The van der Waals surface area contributed by atoms with E-state index in [0.29, 0.717) is 0 Å². The second kappa shape index (κ2) is 5.61. The Morgan fingerprint density at radius 1 is 1.32 bits per heavy atom. The van der Waals surface area contributed by atoms with Crippen LogP contribution in [-0.2, 0) is 4.79 Å². The Morgan fingerprint density at radius 3 is 2.42 bits per heavy atom. The maximum atomic E-state index is 11.9. The summed E-state index contributed by atoms with van der Waals surface area (Å²) in [5.41, 5.74) is 2.40. The number of anilines is 1. The normalized spacial score (nSPS) is 20.7. The summed E-state index contributed by atoms with van der Waals surface area (Å²) in [5, 5.41) is 3.42. The van der Waals surface area contributed by atoms with Crippen LogP contribution in [0.25, 0.3) is 0 Å². The third kappa shape index (κ3) is 3.07. The summed E-state index contributed by atoms with van der Waals surface area (Å²) in [4.78, 5) is 15.7. The van der Waals surface area contributed by atoms with E-state index in [9.17, 15) is 4.79 Å². The van der Waals surface area contributed by atoms with Crippen molar-refractivity contribution in [2.45, 2.75) is 25.4 Å². The van der Waals surface area contributed by atoms with E-state index < -0.39 is 0 Å². The molecule has 4 nitrogen and oxygen atoms in total. The molecule has 19 heavy (non-hydrogen) atoms. The summed E-state index contributed by atoms with van der Waals surface area (Å²) in [6, 6.07) is 8.61. The average molecular weight is 261 g/mol. The molecule has 0 spiro atoms. The molecule has 4 heteroatoms. The Kier molecular flexibility index (Phi) is 4.10. The van der Waals surface area contributed by atoms with Crippen molar-refractivity contribution in [2.24, 2.45) is 0 Å². The van der Waals surface area contributed by atoms with E-state index in [1.807, 2.05) is 21.1 Å². The molecule has 1 fully saturated rings. The molecule has 1 aromatic carbocycles. The fraction of sp³-hybridized carbons (Fsp3) is 0.533. The minimum absolute atomic E-state index is 0.0338. The van der Waals surface area contributed by atoms with Crippen LogP contribution in [0.1, 0.15) is 24.9 Å². The second-order valence-electron chi connectivity index (χ2n) is 5.48. The molecule has 0 aromatic heterocycles. The van der Waals surface area contributed by atoms with E-state index >= 15 is 0 Å². The Bertz CT molecular complexity index is 441. The average Bonchev–Trinajstić information content (AvgIpc) is 2.71. The lowest BCUT2D eigenvalue weighted by molar-refractivity contribution is -0.128. The molecule has 2 unspecified atom stereocenters. The summed E-state index contributed by atoms with van der Waals surface area (Å²) < 4.78 is 0. The van der Waals surface area contributed by atoms with Gasteiger partial charge in [0.25, 0.3) is 0 Å². The van der Waals surface area contributed by atoms with Crippen LogP contribution < -0.4 is 10.2 Å². The van der Waals surface area contributed by atoms with Crippen LogP contribution in [0, 0.1) is 0 Å². The SMILES string of the molecule is CC(NC1CCN(C)C1=O)c1ccc(N(C)C)cc1. The van der Waals surface area contributed by atoms with Gasteiger partial charge in [-0.05, 0) is 31.0 Å². The number of carbonyl (C=O) groups is 1. The monoisotopic (exact) mass is 261 g/mol. The Morgan fingerprint density at radius 2 is 1.95 bits per heavy atom. The number of likely N-dealkylation sites (tertiary alicyclic amines) is 1. The molecule has 0 bridgehead atoms. The summed E-state index contributed by atoms with van der Waals surface area (Å²) in [6.07, 6.45) is 0.898. The Labute approximate surface area is 115 Å². The molecule has 1 N–H and O–H groups in total. The minimum atomic E-state index is -0.0338. The zero-order valence-corrected chi connectivity index (χ0v) is 12.2. The van der Waals surface area contributed by atoms with E-state index in [2.05, 4.69) is 41.4 Å². The quantitative estimate of drug-likeness (QED) is 0.895. The smallest absolute Gasteiger partial charge is 0.239 e. The van der Waals surface area contributed by atoms with Gasteiger partial charge in [0.05, 0.1) is 6.04 Å². The molecule has 0 saturated carbocycles. The lowest BCUT2D eigenvalue weighted by atomic mass is 10.1. The third-order valence-corrected chi connectivity index (χ3v) is 3.79. The van der Waals surface area contributed by atoms with Crippen molar-refractivity contribution in [2.75, 3.05) is 32.6 Å². The van der Waals surface area contributed by atoms with Crippen LogP contribution in [0.4, 0.5) is 5.69 Å². The highest BCUT2D eigenvalue weighted by Crippen LogP contribution is 2.20. The maximum Gasteiger partial charge on any atom is 0.239 e. The number of carbonyl (C=O) groups excluding carboxylic acids is 1. The standard InChI is InChI=1S/C15H23N3O/c1-11(16-14-9-10-18(4)15(14)19)12-5-7-13(8-6-12)17(2)3/h5-8,11,14,16H,9-10H2,1-4H3. The number of nitrogens with one attached hydrogen (secondary N) is 1. The van der Waals surface area contributed by atoms with Crippen molar-refractivity contribution in [3.63, 3.8) is 0 Å². The topological polar surface area (TPSA) is 35.6 Å². The van der Waals surface area contributed by atoms with Gasteiger partial charge in [0, 0.05) is 39.4 Å². The van der Waals surface area contributed by atoms with Crippen molar-refractivity contribution in [3.05, 3.63) is 29.8 Å². The van der Waals surface area contributed by atoms with Crippen molar-refractivity contribution in [3.8, 4) is 0 Å². The fourth-order valence-electron chi connectivity index (χ4n) is 2.44. The van der Waals surface area contributed by atoms with Crippen LogP contribution in [0.5, 0.6) is 0 Å². The molecular weight excluding hydrogens is 238 g/mol. The van der Waals surface area contributed by atoms with Gasteiger partial charge in [-0.3, -0.25) is 10.1 Å². The van der Waals surface area contributed by atoms with Crippen LogP contribution in [-0.4, -0.2) is 44.5 Å². The molecule has 0 radical (unpaired) electrons. The van der Waals surface area contributed by atoms with Gasteiger partial charge in [-0.15, -0.1) is 0 Å². The highest BCUT2D eigenvalue weighted by molar-refractivity contribution is 5.83. The summed E-state index contributed by atoms with van der Waals surface area (Å²) in [5.74, 6) is 0.205. The van der Waals surface area contributed by atoms with Crippen LogP contribution in [0.3, 0.4) is 0 Å². The van der Waals surface area contributed by atoms with Gasteiger partial charge in [-0.1, -0.05) is 12.1 Å². The lowest BCUT2D eigenvalue weighted by Crippen LogP contribution is -2.38. The summed E-state index contributed by atoms with van der Waals surface area (Å²) in [6.45, 7) is 2.96. The van der Waals surface area contributed by atoms with Crippen molar-refractivity contribution >= 4 is 11.6 Å². The number of likely N-dealkylation sites (N-methyl/N-ethyl adjacent to an activating group) is 1. The van der Waals surface area contributed by atoms with Gasteiger partial charge in [0.15, 0.2) is 0 Å².